The van der Waals surface area contributed by atoms with Crippen LogP contribution >= 0.6 is 8.25 Å². The van der Waals surface area contributed by atoms with E-state index in [9.17, 15) is 9.36 Å². The van der Waals surface area contributed by atoms with Gasteiger partial charge in [0.1, 0.15) is 6.61 Å². The van der Waals surface area contributed by atoms with Crippen molar-refractivity contribution in [2.75, 3.05) is 13.2 Å². The minimum Gasteiger partial charge on any atom is -0.313 e. The molecule has 1 aromatic carbocycles. The quantitative estimate of drug-likeness (QED) is 0.426. The molecular formula is C23H31N3O4P+. The standard InChI is InChI=1S/C23H30N3O4P/c1-15-21-19(13-18-22(21)23(18,2)3)26(25-15)20(27)10-9-16-5-7-17(8-6-16)14-24-11-4-12-30-31(28)29/h5-8,18,22,24H,4,9-14H2,1-3H3/p+1. The highest BCUT2D eigenvalue weighted by Gasteiger charge is 2.64. The maximum atomic E-state index is 12.9. The number of carbonyl (C=O) groups is 1. The molecule has 7 nitrogen and oxygen atoms in total. The zero-order valence-electron chi connectivity index (χ0n) is 18.4. The van der Waals surface area contributed by atoms with Crippen molar-refractivity contribution >= 4 is 14.2 Å². The molecule has 2 N–H and O–H groups in total. The van der Waals surface area contributed by atoms with Gasteiger partial charge in [-0.2, -0.15) is 5.10 Å². The highest BCUT2D eigenvalue weighted by molar-refractivity contribution is 7.32. The number of nitrogens with zero attached hydrogens (tertiary/aromatic N) is 2. The summed E-state index contributed by atoms with van der Waals surface area (Å²) in [5, 5.41) is 7.87. The zero-order chi connectivity index (χ0) is 22.2. The van der Waals surface area contributed by atoms with Crippen LogP contribution in [0.25, 0.3) is 0 Å². The lowest BCUT2D eigenvalue weighted by Crippen LogP contribution is -2.17. The van der Waals surface area contributed by atoms with Crippen molar-refractivity contribution in [2.24, 2.45) is 11.3 Å². The second-order valence-corrected chi connectivity index (χ2v) is 10.0. The largest absolute Gasteiger partial charge is 0.694 e. The molecule has 1 heterocycles. The number of carbonyl (C=O) groups excluding carboxylic acids is 1. The number of hydrogen-bond donors (Lipinski definition) is 2. The van der Waals surface area contributed by atoms with Gasteiger partial charge in [-0.15, -0.1) is 9.42 Å². The topological polar surface area (TPSA) is 93.5 Å². The van der Waals surface area contributed by atoms with Gasteiger partial charge in [0.25, 0.3) is 0 Å². The summed E-state index contributed by atoms with van der Waals surface area (Å²) in [7, 11) is -2.50. The van der Waals surface area contributed by atoms with Crippen LogP contribution in [-0.4, -0.2) is 33.7 Å². The predicted octanol–water partition coefficient (Wildman–Crippen LogP) is 3.91. The first-order valence-corrected chi connectivity index (χ1v) is 12.1. The van der Waals surface area contributed by atoms with E-state index in [-0.39, 0.29) is 12.5 Å². The van der Waals surface area contributed by atoms with E-state index in [0.29, 0.717) is 43.1 Å². The molecule has 8 heteroatoms. The third-order valence-corrected chi connectivity index (χ3v) is 7.30. The number of aryl methyl sites for hydroxylation is 2. The molecule has 1 aromatic heterocycles. The van der Waals surface area contributed by atoms with Gasteiger partial charge in [-0.3, -0.25) is 4.79 Å². The van der Waals surface area contributed by atoms with Gasteiger partial charge in [0.2, 0.25) is 5.91 Å². The van der Waals surface area contributed by atoms with Crippen LogP contribution in [0.1, 0.15) is 65.5 Å². The number of aromatic nitrogens is 2. The Morgan fingerprint density at radius 2 is 2.03 bits per heavy atom. The fraction of sp³-hybridized carbons (Fsp3) is 0.565. The molecule has 0 spiro atoms. The Bertz CT molecular complexity index is 983. The maximum Gasteiger partial charge on any atom is 0.694 e. The van der Waals surface area contributed by atoms with Crippen LogP contribution in [0.4, 0.5) is 0 Å². The Kier molecular flexibility index (Phi) is 6.40. The Morgan fingerprint density at radius 3 is 2.74 bits per heavy atom. The normalized spacial score (nSPS) is 21.0. The molecule has 4 rings (SSSR count). The van der Waals surface area contributed by atoms with Gasteiger partial charge in [-0.05, 0) is 61.1 Å². The molecule has 2 aromatic rings. The van der Waals surface area contributed by atoms with Crippen LogP contribution in [0.5, 0.6) is 0 Å². The first kappa shape index (κ1) is 22.3. The van der Waals surface area contributed by atoms with Gasteiger partial charge in [0.15, 0.2) is 0 Å². The van der Waals surface area contributed by atoms with Crippen LogP contribution in [0, 0.1) is 18.3 Å². The Labute approximate surface area is 184 Å². The average Bonchev–Trinajstić information content (AvgIpc) is 3.04. The van der Waals surface area contributed by atoms with Crippen LogP contribution in [0.15, 0.2) is 24.3 Å². The summed E-state index contributed by atoms with van der Waals surface area (Å²) < 4.78 is 16.7. The van der Waals surface area contributed by atoms with Crippen molar-refractivity contribution in [3.05, 3.63) is 52.3 Å². The van der Waals surface area contributed by atoms with E-state index in [1.54, 1.807) is 4.68 Å². The molecule has 1 fully saturated rings. The van der Waals surface area contributed by atoms with Gasteiger partial charge in [0, 0.05) is 23.1 Å². The summed E-state index contributed by atoms with van der Waals surface area (Å²) in [6, 6.07) is 8.28. The molecule has 0 bridgehead atoms. The number of benzene rings is 1. The first-order chi connectivity index (χ1) is 14.8. The van der Waals surface area contributed by atoms with E-state index < -0.39 is 8.25 Å². The highest BCUT2D eigenvalue weighted by Crippen LogP contribution is 2.70. The summed E-state index contributed by atoms with van der Waals surface area (Å²) in [5.74, 6) is 1.34. The van der Waals surface area contributed by atoms with Crippen LogP contribution in [0.3, 0.4) is 0 Å². The molecular weight excluding hydrogens is 413 g/mol. The number of hydrogen-bond acceptors (Lipinski definition) is 5. The van der Waals surface area contributed by atoms with E-state index >= 15 is 0 Å². The van der Waals surface area contributed by atoms with Crippen molar-refractivity contribution in [1.29, 1.82) is 0 Å². The van der Waals surface area contributed by atoms with Crippen molar-refractivity contribution in [3.8, 4) is 0 Å². The summed E-state index contributed by atoms with van der Waals surface area (Å²) in [5.41, 5.74) is 6.16. The second-order valence-electron chi connectivity index (χ2n) is 9.28. The molecule has 0 amide bonds. The van der Waals surface area contributed by atoms with Crippen molar-refractivity contribution in [1.82, 2.24) is 15.1 Å². The van der Waals surface area contributed by atoms with E-state index in [4.69, 9.17) is 4.89 Å². The summed E-state index contributed by atoms with van der Waals surface area (Å²) in [4.78, 5) is 21.4. The summed E-state index contributed by atoms with van der Waals surface area (Å²) >= 11 is 0. The van der Waals surface area contributed by atoms with Crippen LogP contribution in [-0.2, 0) is 28.5 Å². The lowest BCUT2D eigenvalue weighted by atomic mass is 9.98. The fourth-order valence-corrected chi connectivity index (χ4v) is 5.34. The minimum absolute atomic E-state index is 0.0843. The number of nitrogens with one attached hydrogen (secondary N) is 1. The SMILES string of the molecule is Cc1nn(C(=O)CCc2ccc(CNCCCO[P+](=O)O)cc2)c2c1C1C(C2)C1(C)C. The van der Waals surface area contributed by atoms with Gasteiger partial charge in [-0.1, -0.05) is 38.1 Å². The predicted molar refractivity (Wildman–Crippen MR) is 118 cm³/mol. The molecule has 1 saturated carbocycles. The van der Waals surface area contributed by atoms with Crippen molar-refractivity contribution in [2.45, 2.75) is 58.9 Å². The Balaban J connectivity index is 1.24. The third-order valence-electron chi connectivity index (χ3n) is 6.90. The second kappa shape index (κ2) is 8.91. The summed E-state index contributed by atoms with van der Waals surface area (Å²) in [6.07, 6.45) is 2.81. The lowest BCUT2D eigenvalue weighted by Gasteiger charge is -2.10. The summed E-state index contributed by atoms with van der Waals surface area (Å²) in [6.45, 7) is 8.38. The molecule has 0 aliphatic heterocycles. The molecule has 2 aliphatic rings. The van der Waals surface area contributed by atoms with Gasteiger partial charge in [-0.25, -0.2) is 4.68 Å². The molecule has 0 radical (unpaired) electrons. The van der Waals surface area contributed by atoms with Crippen molar-refractivity contribution < 1.29 is 18.8 Å². The van der Waals surface area contributed by atoms with E-state index in [1.807, 2.05) is 6.92 Å². The molecule has 166 valence electrons. The monoisotopic (exact) mass is 444 g/mol. The first-order valence-electron chi connectivity index (χ1n) is 11.0. The lowest BCUT2D eigenvalue weighted by molar-refractivity contribution is 0.0882. The molecule has 3 unspecified atom stereocenters. The Hall–Kier alpha value is -1.92. The van der Waals surface area contributed by atoms with Crippen molar-refractivity contribution in [3.63, 3.8) is 0 Å². The van der Waals surface area contributed by atoms with E-state index in [2.05, 4.69) is 53.1 Å². The van der Waals surface area contributed by atoms with Gasteiger partial charge >= 0.3 is 8.25 Å². The zero-order valence-corrected chi connectivity index (χ0v) is 19.3. The van der Waals surface area contributed by atoms with Gasteiger partial charge < -0.3 is 5.32 Å². The third kappa shape index (κ3) is 4.65. The minimum atomic E-state index is -2.50. The number of rotatable bonds is 10. The van der Waals surface area contributed by atoms with E-state index in [0.717, 1.165) is 35.5 Å². The Morgan fingerprint density at radius 1 is 1.32 bits per heavy atom. The van der Waals surface area contributed by atoms with E-state index in [1.165, 1.54) is 5.56 Å². The molecule has 31 heavy (non-hydrogen) atoms. The smallest absolute Gasteiger partial charge is 0.313 e. The molecule has 3 atom stereocenters. The average molecular weight is 444 g/mol. The van der Waals surface area contributed by atoms with Crippen LogP contribution < -0.4 is 5.32 Å². The fourth-order valence-electron chi connectivity index (χ4n) is 5.05. The van der Waals surface area contributed by atoms with Gasteiger partial charge in [0.05, 0.1) is 11.4 Å². The molecule has 2 aliphatic carbocycles. The number of fused-ring (bicyclic) bond motifs is 3. The van der Waals surface area contributed by atoms with Crippen LogP contribution in [0.2, 0.25) is 0 Å². The molecule has 0 saturated heterocycles. The highest BCUT2D eigenvalue weighted by atomic mass is 31.1. The maximum absolute atomic E-state index is 12.9.